The molecule has 2 aromatic heterocycles. The van der Waals surface area contributed by atoms with Crippen LogP contribution < -0.4 is 25.2 Å². The molecule has 0 aliphatic carbocycles. The summed E-state index contributed by atoms with van der Waals surface area (Å²) < 4.78 is 21.4. The van der Waals surface area contributed by atoms with Gasteiger partial charge in [-0.3, -0.25) is 10.1 Å². The molecule has 2 aromatic carbocycles. The van der Waals surface area contributed by atoms with Gasteiger partial charge in [-0.15, -0.1) is 11.3 Å². The van der Waals surface area contributed by atoms with Gasteiger partial charge in [-0.1, -0.05) is 11.6 Å². The van der Waals surface area contributed by atoms with E-state index in [0.29, 0.717) is 38.3 Å². The van der Waals surface area contributed by atoms with Crippen LogP contribution in [-0.2, 0) is 4.79 Å². The smallest absolute Gasteiger partial charge is 0.336 e. The first-order valence-electron chi connectivity index (χ1n) is 9.72. The molecule has 4 aromatic rings. The Hall–Kier alpha value is -3.56. The van der Waals surface area contributed by atoms with Crippen molar-refractivity contribution in [2.24, 2.45) is 0 Å². The van der Waals surface area contributed by atoms with Crippen LogP contribution in [0.5, 0.6) is 17.2 Å². The third-order valence-electron chi connectivity index (χ3n) is 4.80. The summed E-state index contributed by atoms with van der Waals surface area (Å²) in [5.74, 6) is 1.09. The van der Waals surface area contributed by atoms with E-state index in [1.54, 1.807) is 39.3 Å². The van der Waals surface area contributed by atoms with Gasteiger partial charge >= 0.3 is 5.63 Å². The molecular formula is C23H19ClN2O6S. The Labute approximate surface area is 197 Å². The molecule has 0 aliphatic rings. The highest BCUT2D eigenvalue weighted by Gasteiger charge is 2.14. The molecule has 1 amide bonds. The van der Waals surface area contributed by atoms with Crippen LogP contribution in [0.25, 0.3) is 22.2 Å². The third kappa shape index (κ3) is 4.94. The van der Waals surface area contributed by atoms with Gasteiger partial charge in [0.05, 0.1) is 24.9 Å². The fraction of sp³-hybridized carbons (Fsp3) is 0.174. The summed E-state index contributed by atoms with van der Waals surface area (Å²) in [7, 11) is 3.14. The Morgan fingerprint density at radius 3 is 2.73 bits per heavy atom. The number of hydrogen-bond donors (Lipinski definition) is 1. The number of rotatable bonds is 7. The van der Waals surface area contributed by atoms with E-state index in [1.807, 2.05) is 11.4 Å². The summed E-state index contributed by atoms with van der Waals surface area (Å²) in [4.78, 5) is 28.5. The van der Waals surface area contributed by atoms with Gasteiger partial charge < -0.3 is 18.6 Å². The van der Waals surface area contributed by atoms with E-state index in [-0.39, 0.29) is 12.4 Å². The molecule has 2 heterocycles. The van der Waals surface area contributed by atoms with Gasteiger partial charge in [0, 0.05) is 34.5 Å². The van der Waals surface area contributed by atoms with Crippen molar-refractivity contribution in [3.63, 3.8) is 0 Å². The minimum absolute atomic E-state index is 0.232. The fourth-order valence-electron chi connectivity index (χ4n) is 3.19. The average Bonchev–Trinajstić information content (AvgIpc) is 3.25. The van der Waals surface area contributed by atoms with Gasteiger partial charge in [-0.05, 0) is 30.7 Å². The minimum atomic E-state index is -0.473. The lowest BCUT2D eigenvalue weighted by molar-refractivity contribution is -0.118. The quantitative estimate of drug-likeness (QED) is 0.370. The molecule has 1 N–H and O–H groups in total. The first kappa shape index (κ1) is 22.6. The van der Waals surface area contributed by atoms with Gasteiger partial charge in [0.2, 0.25) is 0 Å². The van der Waals surface area contributed by atoms with Gasteiger partial charge in [-0.25, -0.2) is 9.78 Å². The highest BCUT2D eigenvalue weighted by molar-refractivity contribution is 7.14. The zero-order valence-corrected chi connectivity index (χ0v) is 19.5. The molecule has 0 radical (unpaired) electrons. The van der Waals surface area contributed by atoms with Gasteiger partial charge in [0.25, 0.3) is 5.91 Å². The Balaban J connectivity index is 1.45. The molecule has 10 heteroatoms. The van der Waals surface area contributed by atoms with Crippen molar-refractivity contribution in [1.29, 1.82) is 0 Å². The number of fused-ring (bicyclic) bond motifs is 1. The topological polar surface area (TPSA) is 99.9 Å². The lowest BCUT2D eigenvalue weighted by atomic mass is 10.1. The van der Waals surface area contributed by atoms with E-state index in [9.17, 15) is 9.59 Å². The normalized spacial score (nSPS) is 10.8. The molecule has 0 fully saturated rings. The number of carbonyl (C=O) groups excluding carboxylic acids is 1. The molecule has 0 atom stereocenters. The SMILES string of the molecule is COc1ccc(-c2csc(NC(=O)COc3cc4oc(=O)cc(C)c4cc3Cl)n2)c(OC)c1. The number of benzene rings is 2. The summed E-state index contributed by atoms with van der Waals surface area (Å²) in [6.45, 7) is 1.48. The second-order valence-electron chi connectivity index (χ2n) is 6.97. The summed E-state index contributed by atoms with van der Waals surface area (Å²) in [5.41, 5.74) is 2.02. The number of nitrogens with zero attached hydrogens (tertiary/aromatic N) is 1. The second-order valence-corrected chi connectivity index (χ2v) is 8.23. The number of hydrogen-bond acceptors (Lipinski definition) is 8. The molecule has 8 nitrogen and oxygen atoms in total. The van der Waals surface area contributed by atoms with Crippen molar-refractivity contribution in [3.05, 3.63) is 62.8 Å². The van der Waals surface area contributed by atoms with Crippen LogP contribution in [0.1, 0.15) is 5.56 Å². The van der Waals surface area contributed by atoms with Crippen LogP contribution in [0.2, 0.25) is 5.02 Å². The van der Waals surface area contributed by atoms with Crippen molar-refractivity contribution in [2.45, 2.75) is 6.92 Å². The molecule has 0 saturated carbocycles. The van der Waals surface area contributed by atoms with E-state index in [0.717, 1.165) is 11.1 Å². The molecule has 0 spiro atoms. The van der Waals surface area contributed by atoms with Crippen LogP contribution in [0.4, 0.5) is 5.13 Å². The van der Waals surface area contributed by atoms with Gasteiger partial charge in [-0.2, -0.15) is 0 Å². The van der Waals surface area contributed by atoms with E-state index in [1.165, 1.54) is 23.5 Å². The van der Waals surface area contributed by atoms with Gasteiger partial charge in [0.15, 0.2) is 11.7 Å². The maximum atomic E-state index is 12.4. The molecule has 170 valence electrons. The number of aromatic nitrogens is 1. The lowest BCUT2D eigenvalue weighted by Crippen LogP contribution is -2.20. The lowest BCUT2D eigenvalue weighted by Gasteiger charge is -2.09. The summed E-state index contributed by atoms with van der Waals surface area (Å²) >= 11 is 7.54. The Morgan fingerprint density at radius 1 is 1.15 bits per heavy atom. The standard InChI is InChI=1S/C23H19ClN2O6S/c1-12-6-22(28)32-19-9-20(16(24)8-15(12)19)31-10-21(27)26-23-25-17(11-33-23)14-5-4-13(29-2)7-18(14)30-3/h4-9,11H,10H2,1-3H3,(H,25,26,27). The zero-order valence-electron chi connectivity index (χ0n) is 17.9. The number of ether oxygens (including phenoxy) is 3. The largest absolute Gasteiger partial charge is 0.497 e. The molecule has 33 heavy (non-hydrogen) atoms. The number of anilines is 1. The minimum Gasteiger partial charge on any atom is -0.497 e. The number of aryl methyl sites for hydroxylation is 1. The third-order valence-corrected chi connectivity index (χ3v) is 5.85. The highest BCUT2D eigenvalue weighted by atomic mass is 35.5. The van der Waals surface area contributed by atoms with Crippen LogP contribution >= 0.6 is 22.9 Å². The second kappa shape index (κ2) is 9.51. The highest BCUT2D eigenvalue weighted by Crippen LogP contribution is 2.35. The van der Waals surface area contributed by atoms with Crippen LogP contribution in [-0.4, -0.2) is 31.7 Å². The Bertz CT molecular complexity index is 1400. The number of methoxy groups -OCH3 is 2. The number of nitrogens with one attached hydrogen (secondary N) is 1. The van der Waals surface area contributed by atoms with Gasteiger partial charge in [0.1, 0.15) is 22.8 Å². The van der Waals surface area contributed by atoms with E-state index < -0.39 is 11.5 Å². The average molecular weight is 487 g/mol. The summed E-state index contributed by atoms with van der Waals surface area (Å²) in [6, 6.07) is 9.92. The molecular weight excluding hydrogens is 468 g/mol. The predicted molar refractivity (Wildman–Crippen MR) is 127 cm³/mol. The fourth-order valence-corrected chi connectivity index (χ4v) is 4.14. The monoisotopic (exact) mass is 486 g/mol. The van der Waals surface area contributed by atoms with Crippen molar-refractivity contribution in [3.8, 4) is 28.5 Å². The van der Waals surface area contributed by atoms with E-state index >= 15 is 0 Å². The van der Waals surface area contributed by atoms with Crippen molar-refractivity contribution in [1.82, 2.24) is 4.98 Å². The molecule has 0 unspecified atom stereocenters. The Kier molecular flexibility index (Phi) is 6.52. The summed E-state index contributed by atoms with van der Waals surface area (Å²) in [5, 5.41) is 5.91. The van der Waals surface area contributed by atoms with Crippen molar-refractivity contribution < 1.29 is 23.4 Å². The number of amides is 1. The first-order valence-corrected chi connectivity index (χ1v) is 11.0. The Morgan fingerprint density at radius 2 is 1.97 bits per heavy atom. The van der Waals surface area contributed by atoms with Crippen molar-refractivity contribution in [2.75, 3.05) is 26.1 Å². The van der Waals surface area contributed by atoms with Crippen molar-refractivity contribution >= 4 is 44.9 Å². The van der Waals surface area contributed by atoms with Crippen LogP contribution in [0, 0.1) is 6.92 Å². The van der Waals surface area contributed by atoms with E-state index in [4.69, 9.17) is 30.2 Å². The van der Waals surface area contributed by atoms with Crippen LogP contribution in [0.3, 0.4) is 0 Å². The number of thiazole rings is 1. The maximum absolute atomic E-state index is 12.4. The number of carbonyl (C=O) groups is 1. The van der Waals surface area contributed by atoms with E-state index in [2.05, 4.69) is 10.3 Å². The molecule has 4 rings (SSSR count). The summed E-state index contributed by atoms with van der Waals surface area (Å²) in [6.07, 6.45) is 0. The predicted octanol–water partition coefficient (Wildman–Crippen LogP) is 4.91. The van der Waals surface area contributed by atoms with Crippen LogP contribution in [0.15, 0.2) is 51.0 Å². The first-order chi connectivity index (χ1) is 15.9. The number of halogens is 1. The zero-order chi connectivity index (χ0) is 23.5. The molecule has 0 aliphatic heterocycles. The molecule has 0 saturated heterocycles. The maximum Gasteiger partial charge on any atom is 0.336 e. The molecule has 0 bridgehead atoms.